The number of amides is 1. The van der Waals surface area contributed by atoms with Crippen LogP contribution in [-0.4, -0.2) is 50.8 Å². The largest absolute Gasteiger partial charge is 0.352 e. The monoisotopic (exact) mass is 315 g/mol. The minimum Gasteiger partial charge on any atom is -0.352 e. The topological polar surface area (TPSA) is 102 Å². The van der Waals surface area contributed by atoms with Crippen molar-refractivity contribution in [2.45, 2.75) is 38.4 Å². The van der Waals surface area contributed by atoms with E-state index in [0.29, 0.717) is 18.9 Å². The van der Waals surface area contributed by atoms with Crippen LogP contribution >= 0.6 is 0 Å². The van der Waals surface area contributed by atoms with E-state index in [1.54, 1.807) is 4.68 Å². The Morgan fingerprint density at radius 1 is 1.35 bits per heavy atom. The highest BCUT2D eigenvalue weighted by Crippen LogP contribution is 2.24. The number of nitrogens with one attached hydrogen (secondary N) is 1. The summed E-state index contributed by atoms with van der Waals surface area (Å²) in [6, 6.07) is 9.22. The third kappa shape index (κ3) is 3.16. The minimum absolute atomic E-state index is 0.0458. The standard InChI is InChI=1S/C15H21N7O/c1-10(2)17-14(23)13-8-11(16)9-21(13)15-18-19-20-22(15)12-6-4-3-5-7-12/h3-7,10-11,13H,8-9,16H2,1-2H3,(H,17,23)/t11-,13+/m1/s1. The third-order valence-electron chi connectivity index (χ3n) is 3.78. The summed E-state index contributed by atoms with van der Waals surface area (Å²) in [5.41, 5.74) is 6.92. The Balaban J connectivity index is 1.91. The quantitative estimate of drug-likeness (QED) is 0.829. The van der Waals surface area contributed by atoms with E-state index < -0.39 is 0 Å². The lowest BCUT2D eigenvalue weighted by Gasteiger charge is -2.24. The number of hydrogen-bond acceptors (Lipinski definition) is 6. The predicted octanol–water partition coefficient (Wildman–Crippen LogP) is 0.0929. The van der Waals surface area contributed by atoms with Crippen LogP contribution in [0.5, 0.6) is 0 Å². The van der Waals surface area contributed by atoms with Gasteiger partial charge >= 0.3 is 0 Å². The predicted molar refractivity (Wildman–Crippen MR) is 86.2 cm³/mol. The molecular formula is C15H21N7O. The number of carbonyl (C=O) groups is 1. The Morgan fingerprint density at radius 2 is 2.09 bits per heavy atom. The molecule has 1 aliphatic heterocycles. The summed E-state index contributed by atoms with van der Waals surface area (Å²) in [7, 11) is 0. The van der Waals surface area contributed by atoms with Crippen LogP contribution in [0.25, 0.3) is 5.69 Å². The second-order valence-corrected chi connectivity index (χ2v) is 6.05. The van der Waals surface area contributed by atoms with E-state index in [4.69, 9.17) is 5.73 Å². The average Bonchev–Trinajstić information content (AvgIpc) is 3.13. The molecule has 1 aromatic carbocycles. The fourth-order valence-corrected chi connectivity index (χ4v) is 2.82. The number of rotatable bonds is 4. The fraction of sp³-hybridized carbons (Fsp3) is 0.467. The Labute approximate surface area is 134 Å². The maximum Gasteiger partial charge on any atom is 0.251 e. The number of hydrogen-bond donors (Lipinski definition) is 2. The molecule has 1 aliphatic rings. The van der Waals surface area contributed by atoms with Crippen molar-refractivity contribution in [3.05, 3.63) is 30.3 Å². The highest BCUT2D eigenvalue weighted by atomic mass is 16.2. The molecule has 3 N–H and O–H groups in total. The SMILES string of the molecule is CC(C)NC(=O)[C@@H]1C[C@@H](N)CN1c1nnnn1-c1ccccc1. The normalized spacial score (nSPS) is 21.0. The number of benzene rings is 1. The average molecular weight is 315 g/mol. The van der Waals surface area contributed by atoms with Gasteiger partial charge < -0.3 is 16.0 Å². The minimum atomic E-state index is -0.360. The molecule has 1 amide bonds. The molecule has 8 nitrogen and oxygen atoms in total. The third-order valence-corrected chi connectivity index (χ3v) is 3.78. The van der Waals surface area contributed by atoms with Gasteiger partial charge in [0.2, 0.25) is 5.91 Å². The molecule has 0 saturated carbocycles. The summed E-state index contributed by atoms with van der Waals surface area (Å²) in [4.78, 5) is 14.4. The molecule has 8 heteroatoms. The maximum atomic E-state index is 12.5. The van der Waals surface area contributed by atoms with E-state index in [1.165, 1.54) is 0 Å². The summed E-state index contributed by atoms with van der Waals surface area (Å²) < 4.78 is 1.63. The smallest absolute Gasteiger partial charge is 0.251 e. The van der Waals surface area contributed by atoms with E-state index in [0.717, 1.165) is 5.69 Å². The van der Waals surface area contributed by atoms with Crippen molar-refractivity contribution in [1.82, 2.24) is 25.5 Å². The van der Waals surface area contributed by atoms with Crippen molar-refractivity contribution < 1.29 is 4.79 Å². The first-order valence-corrected chi connectivity index (χ1v) is 7.72. The highest BCUT2D eigenvalue weighted by molar-refractivity contribution is 5.85. The second kappa shape index (κ2) is 6.33. The van der Waals surface area contributed by atoms with Gasteiger partial charge in [-0.2, -0.15) is 4.68 Å². The molecule has 1 fully saturated rings. The lowest BCUT2D eigenvalue weighted by molar-refractivity contribution is -0.122. The molecule has 2 heterocycles. The van der Waals surface area contributed by atoms with Crippen molar-refractivity contribution in [2.24, 2.45) is 5.73 Å². The summed E-state index contributed by atoms with van der Waals surface area (Å²) in [5.74, 6) is 0.489. The molecule has 122 valence electrons. The summed E-state index contributed by atoms with van der Waals surface area (Å²) in [6.07, 6.45) is 0.584. The van der Waals surface area contributed by atoms with E-state index in [1.807, 2.05) is 49.1 Å². The molecule has 1 saturated heterocycles. The van der Waals surface area contributed by atoms with Crippen molar-refractivity contribution in [2.75, 3.05) is 11.4 Å². The number of para-hydroxylation sites is 1. The van der Waals surface area contributed by atoms with Gasteiger partial charge in [0.25, 0.3) is 5.95 Å². The number of aromatic nitrogens is 4. The number of carbonyl (C=O) groups excluding carboxylic acids is 1. The Bertz CT molecular complexity index is 669. The number of tetrazole rings is 1. The van der Waals surface area contributed by atoms with Gasteiger partial charge in [-0.15, -0.1) is 0 Å². The summed E-state index contributed by atoms with van der Waals surface area (Å²) in [6.45, 7) is 4.42. The van der Waals surface area contributed by atoms with Crippen molar-refractivity contribution in [1.29, 1.82) is 0 Å². The van der Waals surface area contributed by atoms with Crippen LogP contribution < -0.4 is 16.0 Å². The first-order valence-electron chi connectivity index (χ1n) is 7.72. The van der Waals surface area contributed by atoms with Gasteiger partial charge in [-0.1, -0.05) is 23.3 Å². The first-order chi connectivity index (χ1) is 11.1. The van der Waals surface area contributed by atoms with Gasteiger partial charge in [0.15, 0.2) is 0 Å². The van der Waals surface area contributed by atoms with E-state index in [9.17, 15) is 4.79 Å². The Hall–Kier alpha value is -2.48. The van der Waals surface area contributed by atoms with Crippen LogP contribution in [0.15, 0.2) is 30.3 Å². The van der Waals surface area contributed by atoms with Gasteiger partial charge in [-0.05, 0) is 42.8 Å². The van der Waals surface area contributed by atoms with Gasteiger partial charge in [-0.3, -0.25) is 4.79 Å². The van der Waals surface area contributed by atoms with Crippen LogP contribution in [0, 0.1) is 0 Å². The zero-order chi connectivity index (χ0) is 16.4. The second-order valence-electron chi connectivity index (χ2n) is 6.05. The highest BCUT2D eigenvalue weighted by Gasteiger charge is 2.38. The summed E-state index contributed by atoms with van der Waals surface area (Å²) in [5, 5.41) is 14.9. The zero-order valence-corrected chi connectivity index (χ0v) is 13.3. The molecule has 1 aromatic heterocycles. The summed E-state index contributed by atoms with van der Waals surface area (Å²) >= 11 is 0. The first kappa shape index (κ1) is 15.4. The van der Waals surface area contributed by atoms with Crippen LogP contribution in [0.2, 0.25) is 0 Å². The number of nitrogens with zero attached hydrogens (tertiary/aromatic N) is 5. The maximum absolute atomic E-state index is 12.5. The van der Waals surface area contributed by atoms with E-state index >= 15 is 0 Å². The van der Waals surface area contributed by atoms with Gasteiger partial charge in [0.05, 0.1) is 5.69 Å². The molecular weight excluding hydrogens is 294 g/mol. The van der Waals surface area contributed by atoms with Crippen LogP contribution in [0.4, 0.5) is 5.95 Å². The van der Waals surface area contributed by atoms with Crippen LogP contribution in [0.3, 0.4) is 0 Å². The zero-order valence-electron chi connectivity index (χ0n) is 13.3. The Morgan fingerprint density at radius 3 is 2.78 bits per heavy atom. The molecule has 0 bridgehead atoms. The molecule has 2 aromatic rings. The number of anilines is 1. The van der Waals surface area contributed by atoms with Crippen LogP contribution in [0.1, 0.15) is 20.3 Å². The molecule has 0 unspecified atom stereocenters. The molecule has 3 rings (SSSR count). The van der Waals surface area contributed by atoms with Gasteiger partial charge in [-0.25, -0.2) is 0 Å². The van der Waals surface area contributed by atoms with Gasteiger partial charge in [0, 0.05) is 18.6 Å². The molecule has 0 radical (unpaired) electrons. The van der Waals surface area contributed by atoms with Gasteiger partial charge in [0.1, 0.15) is 6.04 Å². The van der Waals surface area contributed by atoms with Crippen molar-refractivity contribution in [3.63, 3.8) is 0 Å². The fourth-order valence-electron chi connectivity index (χ4n) is 2.82. The number of nitrogens with two attached hydrogens (primary N) is 1. The lowest BCUT2D eigenvalue weighted by Crippen LogP contribution is -2.46. The van der Waals surface area contributed by atoms with E-state index in [2.05, 4.69) is 20.8 Å². The van der Waals surface area contributed by atoms with E-state index in [-0.39, 0.29) is 24.0 Å². The van der Waals surface area contributed by atoms with Crippen molar-refractivity contribution >= 4 is 11.9 Å². The van der Waals surface area contributed by atoms with Crippen LogP contribution in [-0.2, 0) is 4.79 Å². The molecule has 0 aliphatic carbocycles. The van der Waals surface area contributed by atoms with Crippen molar-refractivity contribution in [3.8, 4) is 5.69 Å². The molecule has 0 spiro atoms. The lowest BCUT2D eigenvalue weighted by atomic mass is 10.1. The Kier molecular flexibility index (Phi) is 4.24. The molecule has 2 atom stereocenters. The molecule has 23 heavy (non-hydrogen) atoms.